The number of hydrogen-bond acceptors (Lipinski definition) is 7. The number of methoxy groups -OCH3 is 1. The summed E-state index contributed by atoms with van der Waals surface area (Å²) in [6.45, 7) is 0. The normalized spacial score (nSPS) is 13.7. The molecule has 1 aromatic carbocycles. The lowest BCUT2D eigenvalue weighted by atomic mass is 9.97. The average molecular weight is 366 g/mol. The fraction of sp³-hybridized carbons (Fsp3) is 0.263. The van der Waals surface area contributed by atoms with E-state index >= 15 is 0 Å². The maximum absolute atomic E-state index is 11.5. The summed E-state index contributed by atoms with van der Waals surface area (Å²) in [5, 5.41) is 5.41. The third-order valence-corrected chi connectivity index (χ3v) is 5.67. The van der Waals surface area contributed by atoms with Crippen molar-refractivity contribution in [3.63, 3.8) is 0 Å². The number of hydrazone groups is 1. The number of ether oxygens (including phenoxy) is 1. The number of hydrogen-bond donors (Lipinski definition) is 1. The number of aromatic nitrogens is 2. The average Bonchev–Trinajstić information content (AvgIpc) is 3.07. The van der Waals surface area contributed by atoms with Gasteiger partial charge < -0.3 is 4.74 Å². The Balaban J connectivity index is 1.55. The van der Waals surface area contributed by atoms with Crippen LogP contribution in [0.2, 0.25) is 0 Å². The molecule has 0 aliphatic heterocycles. The van der Waals surface area contributed by atoms with Gasteiger partial charge >= 0.3 is 5.97 Å². The molecule has 1 aliphatic carbocycles. The molecule has 0 fully saturated rings. The zero-order valence-electron chi connectivity index (χ0n) is 14.4. The molecule has 0 unspecified atom stereocenters. The summed E-state index contributed by atoms with van der Waals surface area (Å²) < 4.78 is 4.70. The van der Waals surface area contributed by atoms with E-state index in [0.717, 1.165) is 34.4 Å². The van der Waals surface area contributed by atoms with E-state index in [1.54, 1.807) is 36.0 Å². The summed E-state index contributed by atoms with van der Waals surface area (Å²) in [6.07, 6.45) is 7.95. The van der Waals surface area contributed by atoms with Gasteiger partial charge in [0.1, 0.15) is 11.2 Å². The first kappa shape index (κ1) is 16.7. The van der Waals surface area contributed by atoms with E-state index in [9.17, 15) is 4.79 Å². The highest BCUT2D eigenvalue weighted by molar-refractivity contribution is 7.19. The van der Waals surface area contributed by atoms with Crippen LogP contribution in [0.1, 0.15) is 39.2 Å². The second-order valence-corrected chi connectivity index (χ2v) is 7.18. The Hall–Kier alpha value is -2.80. The molecule has 0 saturated carbocycles. The van der Waals surface area contributed by atoms with E-state index in [1.807, 2.05) is 12.1 Å². The summed E-state index contributed by atoms with van der Waals surface area (Å²) in [7, 11) is 1.37. The second kappa shape index (κ2) is 7.21. The minimum Gasteiger partial charge on any atom is -0.465 e. The Bertz CT molecular complexity index is 979. The van der Waals surface area contributed by atoms with E-state index in [2.05, 4.69) is 20.5 Å². The molecule has 0 saturated heterocycles. The van der Waals surface area contributed by atoms with E-state index in [1.165, 1.54) is 30.4 Å². The lowest BCUT2D eigenvalue weighted by Crippen LogP contribution is -2.01. The highest BCUT2D eigenvalue weighted by Crippen LogP contribution is 2.38. The smallest absolute Gasteiger partial charge is 0.337 e. The third-order valence-electron chi connectivity index (χ3n) is 4.47. The number of benzene rings is 1. The number of carbonyl (C=O) groups excluding carboxylic acids is 1. The molecule has 1 aliphatic rings. The second-order valence-electron chi connectivity index (χ2n) is 6.10. The van der Waals surface area contributed by atoms with Gasteiger partial charge in [0, 0.05) is 4.88 Å². The molecule has 0 atom stereocenters. The van der Waals surface area contributed by atoms with Crippen LogP contribution in [0.4, 0.5) is 5.82 Å². The Morgan fingerprint density at radius 2 is 2.04 bits per heavy atom. The SMILES string of the molecule is COC(=O)c1ccc(/C=N/Nc2ncnc3sc4c(c23)CCCC4)cc1. The van der Waals surface area contributed by atoms with E-state index in [-0.39, 0.29) is 5.97 Å². The van der Waals surface area contributed by atoms with Crippen LogP contribution in [0.15, 0.2) is 35.7 Å². The first-order valence-electron chi connectivity index (χ1n) is 8.49. The zero-order chi connectivity index (χ0) is 17.9. The zero-order valence-corrected chi connectivity index (χ0v) is 15.2. The van der Waals surface area contributed by atoms with E-state index in [0.29, 0.717) is 5.56 Å². The molecule has 2 aromatic heterocycles. The number of nitrogens with one attached hydrogen (secondary N) is 1. The van der Waals surface area contributed by atoms with Gasteiger partial charge in [0.2, 0.25) is 0 Å². The lowest BCUT2D eigenvalue weighted by Gasteiger charge is -2.11. The topological polar surface area (TPSA) is 76.5 Å². The summed E-state index contributed by atoms with van der Waals surface area (Å²) in [5.74, 6) is 0.397. The van der Waals surface area contributed by atoms with Gasteiger partial charge in [0.05, 0.1) is 24.3 Å². The highest BCUT2D eigenvalue weighted by atomic mass is 32.1. The number of rotatable bonds is 4. The van der Waals surface area contributed by atoms with Gasteiger partial charge in [-0.15, -0.1) is 11.3 Å². The number of fused-ring (bicyclic) bond motifs is 3. The summed E-state index contributed by atoms with van der Waals surface area (Å²) in [4.78, 5) is 22.7. The molecule has 0 bridgehead atoms. The molecular weight excluding hydrogens is 348 g/mol. The molecule has 26 heavy (non-hydrogen) atoms. The lowest BCUT2D eigenvalue weighted by molar-refractivity contribution is 0.0600. The Kier molecular flexibility index (Phi) is 4.62. The summed E-state index contributed by atoms with van der Waals surface area (Å²) in [5.41, 5.74) is 5.82. The molecule has 4 rings (SSSR count). The Morgan fingerprint density at radius 1 is 1.23 bits per heavy atom. The van der Waals surface area contributed by atoms with Crippen molar-refractivity contribution >= 4 is 39.6 Å². The monoisotopic (exact) mass is 366 g/mol. The number of anilines is 1. The van der Waals surface area contributed by atoms with Crippen molar-refractivity contribution in [3.05, 3.63) is 52.2 Å². The molecule has 3 aromatic rings. The highest BCUT2D eigenvalue weighted by Gasteiger charge is 2.19. The fourth-order valence-corrected chi connectivity index (χ4v) is 4.39. The van der Waals surface area contributed by atoms with Crippen molar-refractivity contribution in [2.75, 3.05) is 12.5 Å². The number of thiophene rings is 1. The van der Waals surface area contributed by atoms with Crippen molar-refractivity contribution in [3.8, 4) is 0 Å². The van der Waals surface area contributed by atoms with Gasteiger partial charge in [-0.05, 0) is 48.9 Å². The molecule has 7 heteroatoms. The van der Waals surface area contributed by atoms with Crippen LogP contribution in [0.5, 0.6) is 0 Å². The number of aryl methyl sites for hydroxylation is 2. The van der Waals surface area contributed by atoms with Gasteiger partial charge in [-0.1, -0.05) is 12.1 Å². The quantitative estimate of drug-likeness (QED) is 0.432. The molecule has 132 valence electrons. The van der Waals surface area contributed by atoms with Crippen molar-refractivity contribution in [1.82, 2.24) is 9.97 Å². The van der Waals surface area contributed by atoms with Crippen molar-refractivity contribution < 1.29 is 9.53 Å². The fourth-order valence-electron chi connectivity index (χ4n) is 3.17. The van der Waals surface area contributed by atoms with Gasteiger partial charge in [0.15, 0.2) is 5.82 Å². The summed E-state index contributed by atoms with van der Waals surface area (Å²) >= 11 is 1.76. The largest absolute Gasteiger partial charge is 0.465 e. The van der Waals surface area contributed by atoms with Gasteiger partial charge in [-0.3, -0.25) is 5.43 Å². The molecular formula is C19H18N4O2S. The van der Waals surface area contributed by atoms with Crippen molar-refractivity contribution in [2.24, 2.45) is 5.10 Å². The van der Waals surface area contributed by atoms with Crippen molar-refractivity contribution in [2.45, 2.75) is 25.7 Å². The van der Waals surface area contributed by atoms with Crippen LogP contribution in [0, 0.1) is 0 Å². The molecule has 0 amide bonds. The van der Waals surface area contributed by atoms with Crippen LogP contribution in [0.25, 0.3) is 10.2 Å². The summed E-state index contributed by atoms with van der Waals surface area (Å²) in [6, 6.07) is 7.07. The minimum atomic E-state index is -0.350. The molecule has 6 nitrogen and oxygen atoms in total. The predicted octanol–water partition coefficient (Wildman–Crippen LogP) is 3.80. The van der Waals surface area contributed by atoms with E-state index in [4.69, 9.17) is 4.74 Å². The maximum atomic E-state index is 11.5. The maximum Gasteiger partial charge on any atom is 0.337 e. The predicted molar refractivity (Wildman–Crippen MR) is 103 cm³/mol. The standard InChI is InChI=1S/C19H18N4O2S/c1-25-19(24)13-8-6-12(7-9-13)10-22-23-17-16-14-4-2-3-5-15(14)26-18(16)21-11-20-17/h6-11H,2-5H2,1H3,(H,20,21,23)/b22-10+. The molecule has 0 spiro atoms. The van der Waals surface area contributed by atoms with Gasteiger partial charge in [0.25, 0.3) is 0 Å². The van der Waals surface area contributed by atoms with Crippen LogP contribution in [-0.2, 0) is 17.6 Å². The number of esters is 1. The Morgan fingerprint density at radius 3 is 2.85 bits per heavy atom. The Labute approximate surface area is 154 Å². The number of carbonyl (C=O) groups is 1. The van der Waals surface area contributed by atoms with Gasteiger partial charge in [-0.25, -0.2) is 14.8 Å². The third kappa shape index (κ3) is 3.17. The van der Waals surface area contributed by atoms with Gasteiger partial charge in [-0.2, -0.15) is 5.10 Å². The van der Waals surface area contributed by atoms with Crippen LogP contribution in [-0.4, -0.2) is 29.3 Å². The molecule has 0 radical (unpaired) electrons. The minimum absolute atomic E-state index is 0.350. The van der Waals surface area contributed by atoms with E-state index < -0.39 is 0 Å². The first-order valence-corrected chi connectivity index (χ1v) is 9.30. The van der Waals surface area contributed by atoms with Crippen LogP contribution < -0.4 is 5.43 Å². The number of nitrogens with zero attached hydrogens (tertiary/aromatic N) is 3. The van der Waals surface area contributed by atoms with Crippen molar-refractivity contribution in [1.29, 1.82) is 0 Å². The molecule has 2 heterocycles. The first-order chi connectivity index (χ1) is 12.8. The van der Waals surface area contributed by atoms with Crippen LogP contribution in [0.3, 0.4) is 0 Å². The van der Waals surface area contributed by atoms with Crippen LogP contribution >= 0.6 is 11.3 Å². The molecule has 1 N–H and O–H groups in total.